The molecule has 1 saturated heterocycles. The van der Waals surface area contributed by atoms with E-state index in [4.69, 9.17) is 9.47 Å². The van der Waals surface area contributed by atoms with Crippen LogP contribution in [0.15, 0.2) is 23.0 Å². The van der Waals surface area contributed by atoms with Gasteiger partial charge in [-0.2, -0.15) is 11.3 Å². The number of thiophene rings is 1. The van der Waals surface area contributed by atoms with Gasteiger partial charge in [-0.3, -0.25) is 4.79 Å². The number of ether oxygens (including phenoxy) is 2. The van der Waals surface area contributed by atoms with Crippen molar-refractivity contribution in [1.82, 2.24) is 20.3 Å². The number of aliphatic hydroxyl groups is 1. The Bertz CT molecular complexity index is 625. The summed E-state index contributed by atoms with van der Waals surface area (Å²) in [4.78, 5) is 12.0. The monoisotopic (exact) mass is 338 g/mol. The van der Waals surface area contributed by atoms with Crippen LogP contribution in [0.1, 0.15) is 22.2 Å². The second-order valence-corrected chi connectivity index (χ2v) is 5.96. The highest BCUT2D eigenvalue weighted by Crippen LogP contribution is 2.17. The highest BCUT2D eigenvalue weighted by molar-refractivity contribution is 7.07. The normalized spacial score (nSPS) is 19.4. The maximum absolute atomic E-state index is 12.0. The van der Waals surface area contributed by atoms with Crippen molar-refractivity contribution >= 4 is 17.2 Å². The zero-order valence-electron chi connectivity index (χ0n) is 12.4. The number of aliphatic hydroxyl groups excluding tert-OH is 1. The van der Waals surface area contributed by atoms with Crippen LogP contribution in [-0.4, -0.2) is 58.5 Å². The molecule has 0 unspecified atom stereocenters. The second kappa shape index (κ2) is 7.64. The molecule has 2 aromatic heterocycles. The molecule has 0 aromatic carbocycles. The number of hydrogen-bond acceptors (Lipinski definition) is 7. The average molecular weight is 338 g/mol. The van der Waals surface area contributed by atoms with Gasteiger partial charge < -0.3 is 19.9 Å². The molecule has 0 saturated carbocycles. The van der Waals surface area contributed by atoms with Gasteiger partial charge >= 0.3 is 0 Å². The van der Waals surface area contributed by atoms with Gasteiger partial charge in [0.2, 0.25) is 0 Å². The Balaban J connectivity index is 1.50. The fraction of sp³-hybridized carbons (Fsp3) is 0.500. The van der Waals surface area contributed by atoms with E-state index in [9.17, 15) is 9.90 Å². The van der Waals surface area contributed by atoms with E-state index in [1.54, 1.807) is 0 Å². The Morgan fingerprint density at radius 1 is 1.57 bits per heavy atom. The molecule has 2 N–H and O–H groups in total. The molecule has 1 fully saturated rings. The molecule has 9 heteroatoms. The molecule has 1 aliphatic heterocycles. The first-order valence-corrected chi connectivity index (χ1v) is 8.24. The molecule has 0 spiro atoms. The Morgan fingerprint density at radius 2 is 2.48 bits per heavy atom. The molecule has 1 amide bonds. The quantitative estimate of drug-likeness (QED) is 0.782. The first-order chi connectivity index (χ1) is 11.2. The summed E-state index contributed by atoms with van der Waals surface area (Å²) in [7, 11) is 0. The minimum atomic E-state index is -0.674. The van der Waals surface area contributed by atoms with Crippen molar-refractivity contribution < 1.29 is 19.4 Å². The van der Waals surface area contributed by atoms with E-state index in [2.05, 4.69) is 15.6 Å². The lowest BCUT2D eigenvalue weighted by Gasteiger charge is -2.22. The lowest BCUT2D eigenvalue weighted by atomic mass is 10.2. The van der Waals surface area contributed by atoms with Gasteiger partial charge in [-0.15, -0.1) is 5.10 Å². The number of nitrogens with zero attached hydrogens (tertiary/aromatic N) is 3. The van der Waals surface area contributed by atoms with Gasteiger partial charge in [0, 0.05) is 6.54 Å². The van der Waals surface area contributed by atoms with Gasteiger partial charge in [-0.25, -0.2) is 4.68 Å². The molecule has 0 bridgehead atoms. The zero-order chi connectivity index (χ0) is 16.1. The van der Waals surface area contributed by atoms with Crippen LogP contribution in [0.25, 0.3) is 0 Å². The summed E-state index contributed by atoms with van der Waals surface area (Å²) in [5, 5.41) is 24.3. The summed E-state index contributed by atoms with van der Waals surface area (Å²) in [5.41, 5.74) is 1.03. The van der Waals surface area contributed by atoms with Crippen molar-refractivity contribution in [2.24, 2.45) is 0 Å². The van der Waals surface area contributed by atoms with Gasteiger partial charge in [-0.1, -0.05) is 5.21 Å². The van der Waals surface area contributed by atoms with Gasteiger partial charge in [0.1, 0.15) is 0 Å². The lowest BCUT2D eigenvalue weighted by Crippen LogP contribution is -2.39. The Labute approximate surface area is 137 Å². The van der Waals surface area contributed by atoms with E-state index in [1.807, 2.05) is 16.8 Å². The van der Waals surface area contributed by atoms with Crippen LogP contribution in [0.5, 0.6) is 0 Å². The summed E-state index contributed by atoms with van der Waals surface area (Å²) in [6, 6.07) is 1.85. The number of rotatable bonds is 6. The number of amides is 1. The van der Waals surface area contributed by atoms with Crippen molar-refractivity contribution in [3.63, 3.8) is 0 Å². The van der Waals surface area contributed by atoms with Crippen molar-refractivity contribution in [2.75, 3.05) is 26.4 Å². The smallest absolute Gasteiger partial charge is 0.273 e. The molecule has 1 aliphatic rings. The number of aromatic nitrogens is 3. The Morgan fingerprint density at radius 3 is 3.22 bits per heavy atom. The summed E-state index contributed by atoms with van der Waals surface area (Å²) >= 11 is 1.52. The predicted molar refractivity (Wildman–Crippen MR) is 82.2 cm³/mol. The molecule has 3 heterocycles. The van der Waals surface area contributed by atoms with Gasteiger partial charge in [0.15, 0.2) is 5.69 Å². The van der Waals surface area contributed by atoms with Crippen molar-refractivity contribution in [3.05, 3.63) is 34.3 Å². The fourth-order valence-electron chi connectivity index (χ4n) is 2.19. The first kappa shape index (κ1) is 16.1. The maximum atomic E-state index is 12.0. The van der Waals surface area contributed by atoms with Crippen LogP contribution in [-0.2, 0) is 16.0 Å². The number of hydrogen-bond donors (Lipinski definition) is 2. The van der Waals surface area contributed by atoms with Crippen LogP contribution in [0.4, 0.5) is 0 Å². The molecule has 124 valence electrons. The number of carbonyl (C=O) groups is 1. The van der Waals surface area contributed by atoms with Gasteiger partial charge in [-0.05, 0) is 22.4 Å². The van der Waals surface area contributed by atoms with Crippen LogP contribution in [0.3, 0.4) is 0 Å². The van der Waals surface area contributed by atoms with Crippen LogP contribution in [0.2, 0.25) is 0 Å². The second-order valence-electron chi connectivity index (χ2n) is 5.18. The summed E-state index contributed by atoms with van der Waals surface area (Å²) in [6.07, 6.45) is 0.707. The third-order valence-electron chi connectivity index (χ3n) is 3.43. The van der Waals surface area contributed by atoms with Crippen molar-refractivity contribution in [3.8, 4) is 0 Å². The molecular weight excluding hydrogens is 320 g/mol. The highest BCUT2D eigenvalue weighted by atomic mass is 32.1. The fourth-order valence-corrected chi connectivity index (χ4v) is 2.90. The first-order valence-electron chi connectivity index (χ1n) is 7.30. The summed E-state index contributed by atoms with van der Waals surface area (Å²) in [6.45, 7) is 2.21. The van der Waals surface area contributed by atoms with E-state index in [1.165, 1.54) is 22.2 Å². The van der Waals surface area contributed by atoms with E-state index in [0.29, 0.717) is 26.4 Å². The molecule has 2 aromatic rings. The van der Waals surface area contributed by atoms with Crippen LogP contribution >= 0.6 is 11.3 Å². The predicted octanol–water partition coefficient (Wildman–Crippen LogP) is 0.218. The molecule has 8 nitrogen and oxygen atoms in total. The highest BCUT2D eigenvalue weighted by Gasteiger charge is 2.18. The molecule has 0 radical (unpaired) electrons. The lowest BCUT2D eigenvalue weighted by molar-refractivity contribution is -0.0855. The van der Waals surface area contributed by atoms with E-state index in [-0.39, 0.29) is 24.2 Å². The third kappa shape index (κ3) is 4.35. The standard InChI is InChI=1S/C14H18N4O4S/c19-13(10-1-4-23-9-10)7-18-6-12(16-17-18)14(20)15-5-11-8-21-2-3-22-11/h1,4,6,9,11,13,19H,2-3,5,7-8H2,(H,15,20)/t11-,13+/m0/s1. The van der Waals surface area contributed by atoms with Gasteiger partial charge in [0.05, 0.1) is 44.8 Å². The van der Waals surface area contributed by atoms with Crippen molar-refractivity contribution in [2.45, 2.75) is 18.8 Å². The van der Waals surface area contributed by atoms with E-state index >= 15 is 0 Å². The molecule has 2 atom stereocenters. The third-order valence-corrected chi connectivity index (χ3v) is 4.14. The minimum Gasteiger partial charge on any atom is -0.386 e. The Hall–Kier alpha value is -1.81. The summed E-state index contributed by atoms with van der Waals surface area (Å²) in [5.74, 6) is -0.324. The minimum absolute atomic E-state index is 0.136. The van der Waals surface area contributed by atoms with E-state index in [0.717, 1.165) is 5.56 Å². The van der Waals surface area contributed by atoms with Crippen molar-refractivity contribution in [1.29, 1.82) is 0 Å². The summed E-state index contributed by atoms with van der Waals surface area (Å²) < 4.78 is 12.2. The van der Waals surface area contributed by atoms with E-state index < -0.39 is 6.10 Å². The zero-order valence-corrected chi connectivity index (χ0v) is 13.2. The molecule has 3 rings (SSSR count). The SMILES string of the molecule is O=C(NC[C@H]1COCCO1)c1cn(C[C@@H](O)c2ccsc2)nn1. The average Bonchev–Trinajstić information content (AvgIpc) is 3.25. The molecular formula is C14H18N4O4S. The largest absolute Gasteiger partial charge is 0.386 e. The molecule has 23 heavy (non-hydrogen) atoms. The number of carbonyl (C=O) groups excluding carboxylic acids is 1. The van der Waals surface area contributed by atoms with Gasteiger partial charge in [0.25, 0.3) is 5.91 Å². The maximum Gasteiger partial charge on any atom is 0.273 e. The Kier molecular flexibility index (Phi) is 5.34. The topological polar surface area (TPSA) is 98.5 Å². The van der Waals surface area contributed by atoms with Crippen LogP contribution in [0, 0.1) is 0 Å². The van der Waals surface area contributed by atoms with Crippen LogP contribution < -0.4 is 5.32 Å². The molecule has 0 aliphatic carbocycles. The number of nitrogens with one attached hydrogen (secondary N) is 1.